The smallest absolute Gasteiger partial charge is 0.228 e. The fourth-order valence-electron chi connectivity index (χ4n) is 4.05. The molecule has 12 heteroatoms. The van der Waals surface area contributed by atoms with Gasteiger partial charge in [0.2, 0.25) is 5.95 Å². The van der Waals surface area contributed by atoms with Gasteiger partial charge in [0.05, 0.1) is 24.5 Å². The first-order valence-electron chi connectivity index (χ1n) is 11.1. The molecule has 0 radical (unpaired) electrons. The van der Waals surface area contributed by atoms with Gasteiger partial charge in [0.15, 0.2) is 10.8 Å². The maximum Gasteiger partial charge on any atom is 0.228 e. The first-order valence-corrected chi connectivity index (χ1v) is 11.9. The van der Waals surface area contributed by atoms with Gasteiger partial charge >= 0.3 is 0 Å². The lowest BCUT2D eigenvalue weighted by molar-refractivity contribution is -0.0179. The van der Waals surface area contributed by atoms with E-state index in [-0.39, 0.29) is 17.8 Å². The van der Waals surface area contributed by atoms with Crippen LogP contribution in [0.25, 0.3) is 21.6 Å². The van der Waals surface area contributed by atoms with Crippen LogP contribution in [0.15, 0.2) is 30.6 Å². The van der Waals surface area contributed by atoms with Crippen molar-refractivity contribution in [3.63, 3.8) is 0 Å². The van der Waals surface area contributed by atoms with Gasteiger partial charge in [-0.2, -0.15) is 15.1 Å². The lowest BCUT2D eigenvalue weighted by Crippen LogP contribution is -2.43. The molecule has 0 unspecified atom stereocenters. The van der Waals surface area contributed by atoms with Crippen molar-refractivity contribution in [2.75, 3.05) is 44.1 Å². The standard InChI is InChI=1S/C23H25F2N7O2S/c1-13-9-31(11-18(34-13)14-8-26-32(10-14)12-33-4)22-27-19(16-6-5-15(24)7-17(16)25)20-21(28-22)29-23(35-20)30(2)3/h5-8,10,13,18H,9,11-12H2,1-4H3/t13-,18-/m0/s1. The molecule has 1 aliphatic rings. The minimum atomic E-state index is -0.686. The van der Waals surface area contributed by atoms with E-state index >= 15 is 0 Å². The average Bonchev–Trinajstić information content (AvgIpc) is 3.46. The molecule has 184 valence electrons. The van der Waals surface area contributed by atoms with E-state index in [1.165, 1.54) is 23.5 Å². The lowest BCUT2D eigenvalue weighted by Gasteiger charge is -2.36. The van der Waals surface area contributed by atoms with Crippen LogP contribution in [-0.2, 0) is 16.2 Å². The number of hydrogen-bond acceptors (Lipinski definition) is 9. The first-order chi connectivity index (χ1) is 16.8. The maximum atomic E-state index is 14.8. The van der Waals surface area contributed by atoms with E-state index in [0.29, 0.717) is 46.9 Å². The second kappa shape index (κ2) is 9.44. The van der Waals surface area contributed by atoms with Crippen LogP contribution in [0.5, 0.6) is 0 Å². The topological polar surface area (TPSA) is 81.4 Å². The molecule has 3 aromatic heterocycles. The number of thiazole rings is 1. The van der Waals surface area contributed by atoms with Crippen molar-refractivity contribution in [2.24, 2.45) is 0 Å². The van der Waals surface area contributed by atoms with E-state index in [4.69, 9.17) is 19.4 Å². The predicted octanol–water partition coefficient (Wildman–Crippen LogP) is 3.86. The average molecular weight is 502 g/mol. The Balaban J connectivity index is 1.57. The van der Waals surface area contributed by atoms with E-state index in [1.54, 1.807) is 18.0 Å². The summed E-state index contributed by atoms with van der Waals surface area (Å²) in [5, 5.41) is 5.03. The van der Waals surface area contributed by atoms with Crippen molar-refractivity contribution < 1.29 is 18.3 Å². The number of halogens is 2. The fraction of sp³-hybridized carbons (Fsp3) is 0.391. The summed E-state index contributed by atoms with van der Waals surface area (Å²) in [5.41, 5.74) is 1.96. The summed E-state index contributed by atoms with van der Waals surface area (Å²) in [5.74, 6) is -0.917. The zero-order valence-corrected chi connectivity index (χ0v) is 20.6. The number of methoxy groups -OCH3 is 1. The van der Waals surface area contributed by atoms with Crippen LogP contribution in [0.3, 0.4) is 0 Å². The zero-order chi connectivity index (χ0) is 24.7. The van der Waals surface area contributed by atoms with Crippen molar-refractivity contribution in [2.45, 2.75) is 25.9 Å². The van der Waals surface area contributed by atoms with Gasteiger partial charge in [-0.15, -0.1) is 0 Å². The Hall–Kier alpha value is -3.22. The Morgan fingerprint density at radius 1 is 1.20 bits per heavy atom. The Morgan fingerprint density at radius 2 is 2.03 bits per heavy atom. The Morgan fingerprint density at radius 3 is 2.77 bits per heavy atom. The van der Waals surface area contributed by atoms with Crippen LogP contribution in [-0.4, -0.2) is 65.1 Å². The van der Waals surface area contributed by atoms with Gasteiger partial charge in [-0.25, -0.2) is 18.4 Å². The van der Waals surface area contributed by atoms with E-state index in [9.17, 15) is 8.78 Å². The maximum absolute atomic E-state index is 14.8. The van der Waals surface area contributed by atoms with E-state index < -0.39 is 11.6 Å². The molecule has 1 aromatic carbocycles. The molecular formula is C23H25F2N7O2S. The monoisotopic (exact) mass is 501 g/mol. The number of aromatic nitrogens is 5. The molecule has 0 bridgehead atoms. The number of fused-ring (bicyclic) bond motifs is 1. The third kappa shape index (κ3) is 4.68. The molecule has 1 aliphatic heterocycles. The Bertz CT molecular complexity index is 1360. The van der Waals surface area contributed by atoms with Crippen molar-refractivity contribution in [3.8, 4) is 11.3 Å². The first kappa shape index (κ1) is 23.5. The van der Waals surface area contributed by atoms with Gasteiger partial charge in [0.25, 0.3) is 0 Å². The van der Waals surface area contributed by atoms with Gasteiger partial charge in [-0.1, -0.05) is 11.3 Å². The summed E-state index contributed by atoms with van der Waals surface area (Å²) in [6.07, 6.45) is 3.27. The zero-order valence-electron chi connectivity index (χ0n) is 19.8. The lowest BCUT2D eigenvalue weighted by atomic mass is 10.1. The minimum absolute atomic E-state index is 0.113. The van der Waals surface area contributed by atoms with E-state index in [1.807, 2.05) is 37.0 Å². The molecule has 1 saturated heterocycles. The number of benzene rings is 1. The highest BCUT2D eigenvalue weighted by atomic mass is 32.1. The molecule has 1 fully saturated rings. The SMILES string of the molecule is COCn1cc([C@@H]2CN(c3nc(-c4ccc(F)cc4F)c4sc(N(C)C)nc4n3)C[C@H](C)O2)cn1. The summed E-state index contributed by atoms with van der Waals surface area (Å²) in [6, 6.07) is 3.49. The van der Waals surface area contributed by atoms with Crippen molar-refractivity contribution in [1.82, 2.24) is 24.7 Å². The third-order valence-corrected chi connectivity index (χ3v) is 6.85. The minimum Gasteiger partial charge on any atom is -0.367 e. The van der Waals surface area contributed by atoms with Gasteiger partial charge < -0.3 is 19.3 Å². The summed E-state index contributed by atoms with van der Waals surface area (Å²) in [4.78, 5) is 18.0. The molecule has 5 rings (SSSR count). The highest BCUT2D eigenvalue weighted by Crippen LogP contribution is 2.37. The van der Waals surface area contributed by atoms with Crippen LogP contribution < -0.4 is 9.80 Å². The van der Waals surface area contributed by atoms with Crippen molar-refractivity contribution >= 4 is 32.8 Å². The van der Waals surface area contributed by atoms with Crippen LogP contribution >= 0.6 is 11.3 Å². The van der Waals surface area contributed by atoms with Crippen LogP contribution in [0.4, 0.5) is 19.9 Å². The van der Waals surface area contributed by atoms with Crippen LogP contribution in [0, 0.1) is 11.6 Å². The molecule has 35 heavy (non-hydrogen) atoms. The Labute approximate surface area is 204 Å². The molecule has 4 heterocycles. The van der Waals surface area contributed by atoms with Crippen LogP contribution in [0.2, 0.25) is 0 Å². The molecule has 0 spiro atoms. The fourth-order valence-corrected chi connectivity index (χ4v) is 4.98. The molecule has 0 saturated carbocycles. The second-order valence-electron chi connectivity index (χ2n) is 8.61. The molecule has 9 nitrogen and oxygen atoms in total. The largest absolute Gasteiger partial charge is 0.367 e. The van der Waals surface area contributed by atoms with Gasteiger partial charge in [-0.3, -0.25) is 0 Å². The number of morpholine rings is 1. The molecule has 2 atom stereocenters. The quantitative estimate of drug-likeness (QED) is 0.394. The number of rotatable bonds is 6. The number of anilines is 2. The van der Waals surface area contributed by atoms with Crippen molar-refractivity contribution in [1.29, 1.82) is 0 Å². The highest BCUT2D eigenvalue weighted by Gasteiger charge is 2.30. The summed E-state index contributed by atoms with van der Waals surface area (Å²) >= 11 is 1.36. The summed E-state index contributed by atoms with van der Waals surface area (Å²) < 4.78 is 42.1. The van der Waals surface area contributed by atoms with E-state index in [0.717, 1.165) is 11.6 Å². The summed E-state index contributed by atoms with van der Waals surface area (Å²) in [7, 11) is 5.36. The Kier molecular flexibility index (Phi) is 6.34. The van der Waals surface area contributed by atoms with Gasteiger partial charge in [0, 0.05) is 51.1 Å². The summed E-state index contributed by atoms with van der Waals surface area (Å²) in [6.45, 7) is 3.34. The normalized spacial score (nSPS) is 18.4. The molecule has 4 aromatic rings. The van der Waals surface area contributed by atoms with Crippen LogP contribution in [0.1, 0.15) is 18.6 Å². The molecule has 0 amide bonds. The van der Waals surface area contributed by atoms with Crippen molar-refractivity contribution in [3.05, 3.63) is 47.8 Å². The molecule has 0 aliphatic carbocycles. The number of ether oxygens (including phenoxy) is 2. The third-order valence-electron chi connectivity index (χ3n) is 5.63. The predicted molar refractivity (Wildman–Crippen MR) is 130 cm³/mol. The van der Waals surface area contributed by atoms with Gasteiger partial charge in [-0.05, 0) is 19.1 Å². The second-order valence-corrected chi connectivity index (χ2v) is 9.59. The molecule has 0 N–H and O–H groups in total. The van der Waals surface area contributed by atoms with E-state index in [2.05, 4.69) is 10.1 Å². The molecular weight excluding hydrogens is 476 g/mol. The number of nitrogens with zero attached hydrogens (tertiary/aromatic N) is 7. The highest BCUT2D eigenvalue weighted by molar-refractivity contribution is 7.22. The number of hydrogen-bond donors (Lipinski definition) is 0. The van der Waals surface area contributed by atoms with Gasteiger partial charge in [0.1, 0.15) is 29.2 Å².